The average molecular weight is 431 g/mol. The molecule has 30 heavy (non-hydrogen) atoms. The zero-order chi connectivity index (χ0) is 20.9. The number of carbonyl (C=O) groups is 1. The maximum atomic E-state index is 12.4. The van der Waals surface area contributed by atoms with Crippen LogP contribution in [0.4, 0.5) is 4.79 Å². The van der Waals surface area contributed by atoms with Gasteiger partial charge in [-0.1, -0.05) is 41.7 Å². The number of rotatable bonds is 5. The highest BCUT2D eigenvalue weighted by atomic mass is 32.1. The minimum absolute atomic E-state index is 0.0515. The molecule has 1 aliphatic carbocycles. The van der Waals surface area contributed by atoms with Crippen LogP contribution in [0.15, 0.2) is 35.7 Å². The van der Waals surface area contributed by atoms with Crippen molar-refractivity contribution in [3.05, 3.63) is 47.0 Å². The van der Waals surface area contributed by atoms with Crippen LogP contribution in [0.2, 0.25) is 0 Å². The SMILES string of the molecule is COC(=O)N1CCC[C@H](c2csc(O)n2)[C@@H]1CO[C@H]1CC[C@@H](c2ccccc2)CC1. The van der Waals surface area contributed by atoms with Crippen LogP contribution in [-0.4, -0.2) is 53.5 Å². The molecule has 7 heteroatoms. The maximum absolute atomic E-state index is 12.4. The molecule has 162 valence electrons. The minimum Gasteiger partial charge on any atom is -0.486 e. The van der Waals surface area contributed by atoms with E-state index >= 15 is 0 Å². The summed E-state index contributed by atoms with van der Waals surface area (Å²) in [6.45, 7) is 1.13. The number of benzene rings is 1. The van der Waals surface area contributed by atoms with Crippen LogP contribution in [0, 0.1) is 0 Å². The van der Waals surface area contributed by atoms with Gasteiger partial charge in [-0.3, -0.25) is 0 Å². The Morgan fingerprint density at radius 3 is 2.63 bits per heavy atom. The molecular weight excluding hydrogens is 400 g/mol. The van der Waals surface area contributed by atoms with Crippen LogP contribution in [-0.2, 0) is 9.47 Å². The first-order valence-corrected chi connectivity index (χ1v) is 11.7. The lowest BCUT2D eigenvalue weighted by Crippen LogP contribution is -2.50. The second-order valence-corrected chi connectivity index (χ2v) is 9.09. The van der Waals surface area contributed by atoms with Crippen LogP contribution >= 0.6 is 11.3 Å². The van der Waals surface area contributed by atoms with Gasteiger partial charge in [-0.15, -0.1) is 0 Å². The lowest BCUT2D eigenvalue weighted by Gasteiger charge is -2.40. The Labute approximate surface area is 181 Å². The summed E-state index contributed by atoms with van der Waals surface area (Å²) in [5, 5.41) is 11.7. The Bertz CT molecular complexity index is 820. The zero-order valence-corrected chi connectivity index (χ0v) is 18.2. The van der Waals surface area contributed by atoms with E-state index < -0.39 is 0 Å². The number of hydrogen-bond donors (Lipinski definition) is 1. The third kappa shape index (κ3) is 4.78. The first-order valence-electron chi connectivity index (χ1n) is 10.8. The predicted molar refractivity (Wildman–Crippen MR) is 116 cm³/mol. The normalized spacial score (nSPS) is 27.0. The van der Waals surface area contributed by atoms with Gasteiger partial charge in [-0.25, -0.2) is 9.78 Å². The van der Waals surface area contributed by atoms with Gasteiger partial charge in [0.1, 0.15) is 0 Å². The summed E-state index contributed by atoms with van der Waals surface area (Å²) in [5.74, 6) is 0.661. The van der Waals surface area contributed by atoms with Gasteiger partial charge in [0.25, 0.3) is 5.19 Å². The summed E-state index contributed by atoms with van der Waals surface area (Å²) in [6, 6.07) is 10.6. The van der Waals surface area contributed by atoms with Crippen LogP contribution in [0.5, 0.6) is 5.19 Å². The fourth-order valence-electron chi connectivity index (χ4n) is 4.92. The Hall–Kier alpha value is -2.12. The molecule has 1 aromatic carbocycles. The highest BCUT2D eigenvalue weighted by Gasteiger charge is 2.38. The second kappa shape index (κ2) is 9.79. The molecule has 0 radical (unpaired) electrons. The molecule has 2 atom stereocenters. The Morgan fingerprint density at radius 1 is 1.20 bits per heavy atom. The van der Waals surface area contributed by atoms with E-state index in [1.165, 1.54) is 24.0 Å². The fraction of sp³-hybridized carbons (Fsp3) is 0.565. The number of carbonyl (C=O) groups excluding carboxylic acids is 1. The van der Waals surface area contributed by atoms with Gasteiger partial charge < -0.3 is 19.5 Å². The third-order valence-corrected chi connectivity index (χ3v) is 7.19. The first-order chi connectivity index (χ1) is 14.7. The van der Waals surface area contributed by atoms with Gasteiger partial charge in [-0.05, 0) is 50.0 Å². The van der Waals surface area contributed by atoms with E-state index in [1.54, 1.807) is 4.90 Å². The van der Waals surface area contributed by atoms with Crippen molar-refractivity contribution in [1.82, 2.24) is 9.88 Å². The molecule has 2 fully saturated rings. The molecule has 2 heterocycles. The van der Waals surface area contributed by atoms with Gasteiger partial charge in [0.15, 0.2) is 0 Å². The molecule has 2 aliphatic rings. The topological polar surface area (TPSA) is 71.9 Å². The molecule has 1 saturated heterocycles. The molecular formula is C23H30N2O4S. The molecule has 1 amide bonds. The number of hydrogen-bond acceptors (Lipinski definition) is 6. The zero-order valence-electron chi connectivity index (χ0n) is 17.4. The molecule has 6 nitrogen and oxygen atoms in total. The van der Waals surface area contributed by atoms with Crippen molar-refractivity contribution in [3.8, 4) is 5.19 Å². The maximum Gasteiger partial charge on any atom is 0.409 e. The van der Waals surface area contributed by atoms with E-state index in [4.69, 9.17) is 9.47 Å². The summed E-state index contributed by atoms with van der Waals surface area (Å²) in [5.41, 5.74) is 2.26. The van der Waals surface area contributed by atoms with Crippen LogP contribution in [0.25, 0.3) is 0 Å². The van der Waals surface area contributed by atoms with Crippen molar-refractivity contribution < 1.29 is 19.4 Å². The third-order valence-electron chi connectivity index (χ3n) is 6.53. The smallest absolute Gasteiger partial charge is 0.409 e. The largest absolute Gasteiger partial charge is 0.486 e. The number of amides is 1. The summed E-state index contributed by atoms with van der Waals surface area (Å²) < 4.78 is 11.4. The lowest BCUT2D eigenvalue weighted by molar-refractivity contribution is -0.0242. The van der Waals surface area contributed by atoms with Crippen molar-refractivity contribution in [3.63, 3.8) is 0 Å². The van der Waals surface area contributed by atoms with Gasteiger partial charge >= 0.3 is 6.09 Å². The van der Waals surface area contributed by atoms with E-state index in [0.29, 0.717) is 19.1 Å². The molecule has 0 unspecified atom stereocenters. The number of aromatic hydroxyl groups is 1. The van der Waals surface area contributed by atoms with E-state index in [2.05, 4.69) is 35.3 Å². The second-order valence-electron chi connectivity index (χ2n) is 8.25. The molecule has 1 aromatic heterocycles. The number of nitrogens with zero attached hydrogens (tertiary/aromatic N) is 2. The summed E-state index contributed by atoms with van der Waals surface area (Å²) >= 11 is 1.23. The van der Waals surface area contributed by atoms with Crippen LogP contribution < -0.4 is 0 Å². The number of ether oxygens (including phenoxy) is 2. The van der Waals surface area contributed by atoms with Gasteiger partial charge in [0.2, 0.25) is 0 Å². The predicted octanol–water partition coefficient (Wildman–Crippen LogP) is 4.91. The number of likely N-dealkylation sites (tertiary alicyclic amines) is 1. The number of piperidine rings is 1. The van der Waals surface area contributed by atoms with E-state index in [0.717, 1.165) is 44.2 Å². The fourth-order valence-corrected chi connectivity index (χ4v) is 5.53. The van der Waals surface area contributed by atoms with Crippen molar-refractivity contribution in [2.45, 2.75) is 62.5 Å². The molecule has 0 bridgehead atoms. The lowest BCUT2D eigenvalue weighted by atomic mass is 9.82. The molecule has 4 rings (SSSR count). The number of aromatic nitrogens is 1. The van der Waals surface area contributed by atoms with Crippen molar-refractivity contribution >= 4 is 17.4 Å². The first kappa shape index (κ1) is 21.1. The van der Waals surface area contributed by atoms with Gasteiger partial charge in [0.05, 0.1) is 31.6 Å². The Kier molecular flexibility index (Phi) is 6.89. The summed E-state index contributed by atoms with van der Waals surface area (Å²) in [7, 11) is 1.42. The van der Waals surface area contributed by atoms with Gasteiger partial charge in [0, 0.05) is 17.8 Å². The van der Waals surface area contributed by atoms with E-state index in [-0.39, 0.29) is 29.4 Å². The minimum atomic E-state index is -0.319. The van der Waals surface area contributed by atoms with Gasteiger partial charge in [-0.2, -0.15) is 0 Å². The van der Waals surface area contributed by atoms with E-state index in [1.807, 2.05) is 5.38 Å². The number of thiazole rings is 1. The van der Waals surface area contributed by atoms with Crippen molar-refractivity contribution in [2.75, 3.05) is 20.3 Å². The quantitative estimate of drug-likeness (QED) is 0.730. The van der Waals surface area contributed by atoms with Crippen LogP contribution in [0.1, 0.15) is 61.6 Å². The van der Waals surface area contributed by atoms with Crippen molar-refractivity contribution in [2.24, 2.45) is 0 Å². The molecule has 1 aliphatic heterocycles. The highest BCUT2D eigenvalue weighted by molar-refractivity contribution is 7.11. The molecule has 0 spiro atoms. The standard InChI is InChI=1S/C23H30N2O4S/c1-28-23(27)25-13-5-8-19(20-15-30-22(26)24-20)21(25)14-29-18-11-9-17(10-12-18)16-6-3-2-4-7-16/h2-4,6-7,15,17-19,21H,5,8-14H2,1H3,(H,24,26)/t17-,18+,19-,21+/m1/s1. The Balaban J connectivity index is 1.39. The van der Waals surface area contributed by atoms with E-state index in [9.17, 15) is 9.90 Å². The monoisotopic (exact) mass is 430 g/mol. The number of methoxy groups -OCH3 is 1. The molecule has 1 saturated carbocycles. The van der Waals surface area contributed by atoms with Crippen LogP contribution in [0.3, 0.4) is 0 Å². The van der Waals surface area contributed by atoms with Crippen molar-refractivity contribution in [1.29, 1.82) is 0 Å². The average Bonchev–Trinajstić information content (AvgIpc) is 3.24. The molecule has 1 N–H and O–H groups in total. The Morgan fingerprint density at radius 2 is 1.97 bits per heavy atom. The summed E-state index contributed by atoms with van der Waals surface area (Å²) in [4.78, 5) is 18.5. The summed E-state index contributed by atoms with van der Waals surface area (Å²) in [6.07, 6.45) is 6.03. The highest BCUT2D eigenvalue weighted by Crippen LogP contribution is 2.37. The molecule has 2 aromatic rings.